The summed E-state index contributed by atoms with van der Waals surface area (Å²) in [5.41, 5.74) is -0.252. The van der Waals surface area contributed by atoms with Crippen LogP contribution in [-0.2, 0) is 4.79 Å². The molecule has 0 aliphatic carbocycles. The van der Waals surface area contributed by atoms with Gasteiger partial charge in [-0.1, -0.05) is 6.92 Å². The van der Waals surface area contributed by atoms with Crippen molar-refractivity contribution in [3.8, 4) is 0 Å². The van der Waals surface area contributed by atoms with Crippen molar-refractivity contribution in [1.29, 1.82) is 0 Å². The number of nitrogens with zero attached hydrogens (tertiary/aromatic N) is 1. The van der Waals surface area contributed by atoms with E-state index in [9.17, 15) is 9.59 Å². The summed E-state index contributed by atoms with van der Waals surface area (Å²) in [6.45, 7) is 3.12. The molecule has 3 N–H and O–H groups in total. The number of rotatable bonds is 6. The maximum Gasteiger partial charge on any atom is 0.267 e. The average Bonchev–Trinajstić information content (AvgIpc) is 2.32. The Morgan fingerprint density at radius 2 is 2.29 bits per heavy atom. The quantitative estimate of drug-likeness (QED) is 0.727. The largest absolute Gasteiger partial charge is 0.368 e. The summed E-state index contributed by atoms with van der Waals surface area (Å²) in [5, 5.41) is 5.69. The zero-order valence-electron chi connectivity index (χ0n) is 9.55. The predicted octanol–water partition coefficient (Wildman–Crippen LogP) is 0.861. The van der Waals surface area contributed by atoms with Crippen molar-refractivity contribution in [2.45, 2.75) is 19.8 Å². The smallest absolute Gasteiger partial charge is 0.267 e. The maximum atomic E-state index is 11.3. The zero-order chi connectivity index (χ0) is 12.7. The van der Waals surface area contributed by atoms with Crippen molar-refractivity contribution >= 4 is 27.7 Å². The van der Waals surface area contributed by atoms with Gasteiger partial charge in [0.05, 0.1) is 6.33 Å². The fourth-order valence-electron chi connectivity index (χ4n) is 1.15. The first-order chi connectivity index (χ1) is 8.15. The van der Waals surface area contributed by atoms with E-state index in [0.29, 0.717) is 29.8 Å². The molecule has 0 bridgehead atoms. The van der Waals surface area contributed by atoms with Crippen LogP contribution >= 0.6 is 15.9 Å². The van der Waals surface area contributed by atoms with Crippen molar-refractivity contribution in [3.05, 3.63) is 21.2 Å². The summed E-state index contributed by atoms with van der Waals surface area (Å²) in [6, 6.07) is 0. The van der Waals surface area contributed by atoms with Crippen LogP contribution in [0, 0.1) is 0 Å². The van der Waals surface area contributed by atoms with E-state index in [1.807, 2.05) is 6.92 Å². The molecule has 1 rings (SSSR count). The number of anilines is 1. The number of H-pyrrole nitrogens is 1. The molecular weight excluding hydrogens is 288 g/mol. The minimum Gasteiger partial charge on any atom is -0.368 e. The van der Waals surface area contributed by atoms with Crippen LogP contribution in [0.3, 0.4) is 0 Å². The minimum absolute atomic E-state index is 0.0136. The van der Waals surface area contributed by atoms with Gasteiger partial charge in [-0.3, -0.25) is 9.59 Å². The second kappa shape index (κ2) is 7.05. The van der Waals surface area contributed by atoms with E-state index in [1.54, 1.807) is 0 Å². The Morgan fingerprint density at radius 1 is 1.53 bits per heavy atom. The monoisotopic (exact) mass is 302 g/mol. The Hall–Kier alpha value is -1.37. The molecule has 0 unspecified atom stereocenters. The van der Waals surface area contributed by atoms with E-state index in [2.05, 4.69) is 36.5 Å². The van der Waals surface area contributed by atoms with Gasteiger partial charge in [0.1, 0.15) is 10.3 Å². The summed E-state index contributed by atoms with van der Waals surface area (Å²) in [6.07, 6.45) is 2.58. The van der Waals surface area contributed by atoms with Crippen LogP contribution in [0.4, 0.5) is 5.82 Å². The Kier molecular flexibility index (Phi) is 5.68. The Balaban J connectivity index is 2.38. The molecule has 1 heterocycles. The maximum absolute atomic E-state index is 11.3. The van der Waals surface area contributed by atoms with Crippen molar-refractivity contribution in [2.24, 2.45) is 0 Å². The second-order valence-corrected chi connectivity index (χ2v) is 4.21. The molecule has 0 aliphatic rings. The van der Waals surface area contributed by atoms with Crippen LogP contribution in [0.1, 0.15) is 19.8 Å². The molecule has 0 radical (unpaired) electrons. The number of carbonyl (C=O) groups is 1. The number of halogens is 1. The summed E-state index contributed by atoms with van der Waals surface area (Å²) < 4.78 is 0.342. The standard InChI is InChI=1S/C10H15BrN4O2/c1-2-4-12-7(16)3-5-13-9-8(11)10(17)15-6-14-9/h6H,2-5H2,1H3,(H,12,16)(H2,13,14,15,17). The van der Waals surface area contributed by atoms with Gasteiger partial charge in [-0.25, -0.2) is 4.98 Å². The van der Waals surface area contributed by atoms with Gasteiger partial charge in [0.2, 0.25) is 5.91 Å². The zero-order valence-corrected chi connectivity index (χ0v) is 11.1. The summed E-state index contributed by atoms with van der Waals surface area (Å²) >= 11 is 3.12. The minimum atomic E-state index is -0.252. The lowest BCUT2D eigenvalue weighted by Gasteiger charge is -2.06. The van der Waals surface area contributed by atoms with Gasteiger partial charge >= 0.3 is 0 Å². The lowest BCUT2D eigenvalue weighted by atomic mass is 10.3. The molecule has 1 amide bonds. The van der Waals surface area contributed by atoms with Crippen LogP contribution in [0.15, 0.2) is 15.6 Å². The van der Waals surface area contributed by atoms with E-state index in [1.165, 1.54) is 6.33 Å². The van der Waals surface area contributed by atoms with Gasteiger partial charge in [0, 0.05) is 19.5 Å². The molecule has 0 spiro atoms. The lowest BCUT2D eigenvalue weighted by Crippen LogP contribution is -2.26. The van der Waals surface area contributed by atoms with Crippen molar-refractivity contribution in [1.82, 2.24) is 15.3 Å². The molecule has 7 heteroatoms. The molecule has 0 aromatic carbocycles. The van der Waals surface area contributed by atoms with E-state index >= 15 is 0 Å². The van der Waals surface area contributed by atoms with Gasteiger partial charge < -0.3 is 15.6 Å². The van der Waals surface area contributed by atoms with Crippen molar-refractivity contribution in [2.75, 3.05) is 18.4 Å². The highest BCUT2D eigenvalue weighted by Gasteiger charge is 2.05. The first kappa shape index (κ1) is 13.7. The fraction of sp³-hybridized carbons (Fsp3) is 0.500. The Labute approximate surface area is 107 Å². The number of amides is 1. The van der Waals surface area contributed by atoms with Crippen LogP contribution in [0.2, 0.25) is 0 Å². The lowest BCUT2D eigenvalue weighted by molar-refractivity contribution is -0.120. The summed E-state index contributed by atoms with van der Waals surface area (Å²) in [4.78, 5) is 28.9. The van der Waals surface area contributed by atoms with Gasteiger partial charge in [-0.2, -0.15) is 0 Å². The molecule has 94 valence electrons. The van der Waals surface area contributed by atoms with Gasteiger partial charge in [-0.05, 0) is 22.4 Å². The normalized spacial score (nSPS) is 10.0. The number of aromatic amines is 1. The molecule has 0 fully saturated rings. The van der Waals surface area contributed by atoms with Crippen LogP contribution in [0.5, 0.6) is 0 Å². The molecule has 6 nitrogen and oxygen atoms in total. The number of hydrogen-bond donors (Lipinski definition) is 3. The number of aromatic nitrogens is 2. The van der Waals surface area contributed by atoms with Gasteiger partial charge in [0.25, 0.3) is 5.56 Å². The Bertz CT molecular complexity index is 433. The van der Waals surface area contributed by atoms with E-state index in [-0.39, 0.29) is 11.5 Å². The third kappa shape index (κ3) is 4.56. The highest BCUT2D eigenvalue weighted by Crippen LogP contribution is 2.12. The molecule has 0 atom stereocenters. The van der Waals surface area contributed by atoms with Gasteiger partial charge in [-0.15, -0.1) is 0 Å². The highest BCUT2D eigenvalue weighted by atomic mass is 79.9. The molecule has 1 aromatic rings. The predicted molar refractivity (Wildman–Crippen MR) is 69.0 cm³/mol. The third-order valence-corrected chi connectivity index (χ3v) is 2.75. The molecule has 0 aliphatic heterocycles. The topological polar surface area (TPSA) is 86.9 Å². The van der Waals surface area contributed by atoms with Crippen LogP contribution in [0.25, 0.3) is 0 Å². The number of nitrogens with one attached hydrogen (secondary N) is 3. The van der Waals surface area contributed by atoms with E-state index in [0.717, 1.165) is 6.42 Å². The van der Waals surface area contributed by atoms with Gasteiger partial charge in [0.15, 0.2) is 0 Å². The van der Waals surface area contributed by atoms with Crippen molar-refractivity contribution in [3.63, 3.8) is 0 Å². The molecule has 1 aromatic heterocycles. The molecule has 17 heavy (non-hydrogen) atoms. The summed E-state index contributed by atoms with van der Waals surface area (Å²) in [5.74, 6) is 0.428. The highest BCUT2D eigenvalue weighted by molar-refractivity contribution is 9.10. The first-order valence-corrected chi connectivity index (χ1v) is 6.18. The SMILES string of the molecule is CCCNC(=O)CCNc1nc[nH]c(=O)c1Br. The van der Waals surface area contributed by atoms with E-state index in [4.69, 9.17) is 0 Å². The van der Waals surface area contributed by atoms with Crippen LogP contribution < -0.4 is 16.2 Å². The Morgan fingerprint density at radius 3 is 3.00 bits per heavy atom. The van der Waals surface area contributed by atoms with E-state index < -0.39 is 0 Å². The molecule has 0 saturated carbocycles. The molecule has 0 saturated heterocycles. The fourth-order valence-corrected chi connectivity index (χ4v) is 1.51. The number of hydrogen-bond acceptors (Lipinski definition) is 4. The second-order valence-electron chi connectivity index (χ2n) is 3.42. The van der Waals surface area contributed by atoms with Crippen molar-refractivity contribution < 1.29 is 4.79 Å². The first-order valence-electron chi connectivity index (χ1n) is 5.39. The summed E-state index contributed by atoms with van der Waals surface area (Å²) in [7, 11) is 0. The molecular formula is C10H15BrN4O2. The average molecular weight is 303 g/mol. The third-order valence-electron chi connectivity index (χ3n) is 2.01. The van der Waals surface area contributed by atoms with Crippen LogP contribution in [-0.4, -0.2) is 29.0 Å². The number of carbonyl (C=O) groups excluding carboxylic acids is 1.